The molecule has 0 amide bonds. The molecule has 0 spiro atoms. The molecule has 0 saturated heterocycles. The van der Waals surface area contributed by atoms with E-state index in [-0.39, 0.29) is 5.56 Å². The number of benzene rings is 1. The van der Waals surface area contributed by atoms with Crippen LogP contribution in [0.3, 0.4) is 0 Å². The lowest BCUT2D eigenvalue weighted by Crippen LogP contribution is -2.20. The van der Waals surface area contributed by atoms with Crippen molar-refractivity contribution in [2.75, 3.05) is 0 Å². The Bertz CT molecular complexity index is 886. The van der Waals surface area contributed by atoms with Crippen molar-refractivity contribution >= 4 is 21.6 Å². The van der Waals surface area contributed by atoms with Crippen LogP contribution < -0.4 is 5.56 Å². The number of rotatable bonds is 2. The second kappa shape index (κ2) is 4.91. The summed E-state index contributed by atoms with van der Waals surface area (Å²) in [5, 5.41) is 10.7. The molecule has 0 aliphatic heterocycles. The molecule has 4 nitrogen and oxygen atoms in total. The van der Waals surface area contributed by atoms with E-state index in [1.165, 1.54) is 11.3 Å². The third kappa shape index (κ3) is 2.10. The molecule has 0 bridgehead atoms. The first-order valence-electron chi connectivity index (χ1n) is 6.11. The van der Waals surface area contributed by atoms with Crippen molar-refractivity contribution in [2.24, 2.45) is 0 Å². The van der Waals surface area contributed by atoms with Gasteiger partial charge in [0.15, 0.2) is 0 Å². The van der Waals surface area contributed by atoms with Gasteiger partial charge in [-0.1, -0.05) is 6.07 Å². The van der Waals surface area contributed by atoms with Crippen molar-refractivity contribution in [3.05, 3.63) is 63.0 Å². The average Bonchev–Trinajstić information content (AvgIpc) is 2.93. The molecule has 0 unspecified atom stereocenters. The fourth-order valence-corrected chi connectivity index (χ4v) is 2.91. The minimum absolute atomic E-state index is 0.0197. The predicted octanol–water partition coefficient (Wildman–Crippen LogP) is 2.69. The number of nitriles is 1. The van der Waals surface area contributed by atoms with E-state index in [9.17, 15) is 4.79 Å². The first-order chi connectivity index (χ1) is 9.69. The lowest BCUT2D eigenvalue weighted by Gasteiger charge is -2.08. The number of hydrogen-bond donors (Lipinski definition) is 0. The summed E-state index contributed by atoms with van der Waals surface area (Å²) in [6, 6.07) is 9.44. The predicted molar refractivity (Wildman–Crippen MR) is 78.9 cm³/mol. The molecule has 0 radical (unpaired) electrons. The zero-order valence-electron chi connectivity index (χ0n) is 10.8. The van der Waals surface area contributed by atoms with Crippen molar-refractivity contribution < 1.29 is 0 Å². The summed E-state index contributed by atoms with van der Waals surface area (Å²) < 4.78 is 2.28. The van der Waals surface area contributed by atoms with Crippen molar-refractivity contribution in [2.45, 2.75) is 13.5 Å². The van der Waals surface area contributed by atoms with Gasteiger partial charge >= 0.3 is 0 Å². The van der Waals surface area contributed by atoms with Crippen LogP contribution in [0.5, 0.6) is 0 Å². The average molecular weight is 281 g/mol. The topological polar surface area (TPSA) is 58.7 Å². The Morgan fingerprint density at radius 3 is 3.00 bits per heavy atom. The number of nitrogens with zero attached hydrogens (tertiary/aromatic N) is 3. The zero-order chi connectivity index (χ0) is 14.1. The third-order valence-electron chi connectivity index (χ3n) is 3.25. The molecule has 20 heavy (non-hydrogen) atoms. The van der Waals surface area contributed by atoms with Crippen molar-refractivity contribution in [1.82, 2.24) is 9.55 Å². The van der Waals surface area contributed by atoms with E-state index in [4.69, 9.17) is 5.26 Å². The van der Waals surface area contributed by atoms with Gasteiger partial charge in [-0.05, 0) is 41.6 Å². The SMILES string of the molecule is Cc1cc(C#N)ccc1Cn1cnc2ccsc2c1=O. The molecule has 0 saturated carbocycles. The second-order valence-corrected chi connectivity index (χ2v) is 5.48. The highest BCUT2D eigenvalue weighted by Gasteiger charge is 2.07. The molecule has 2 heterocycles. The Morgan fingerprint density at radius 1 is 1.40 bits per heavy atom. The molecule has 0 fully saturated rings. The van der Waals surface area contributed by atoms with Gasteiger partial charge in [0.2, 0.25) is 0 Å². The summed E-state index contributed by atoms with van der Waals surface area (Å²) in [5.41, 5.74) is 3.37. The normalized spacial score (nSPS) is 10.6. The number of aromatic nitrogens is 2. The lowest BCUT2D eigenvalue weighted by atomic mass is 10.1. The van der Waals surface area contributed by atoms with Gasteiger partial charge in [-0.15, -0.1) is 11.3 Å². The maximum atomic E-state index is 12.3. The van der Waals surface area contributed by atoms with E-state index in [1.807, 2.05) is 30.5 Å². The summed E-state index contributed by atoms with van der Waals surface area (Å²) in [5.74, 6) is 0. The van der Waals surface area contributed by atoms with Crippen LogP contribution in [0.4, 0.5) is 0 Å². The Balaban J connectivity index is 2.03. The summed E-state index contributed by atoms with van der Waals surface area (Å²) in [4.78, 5) is 16.6. The fraction of sp³-hybridized carbons (Fsp3) is 0.133. The smallest absolute Gasteiger partial charge is 0.271 e. The van der Waals surface area contributed by atoms with Crippen LogP contribution in [0, 0.1) is 18.3 Å². The molecular weight excluding hydrogens is 270 g/mol. The Kier molecular flexibility index (Phi) is 3.09. The molecule has 0 aliphatic rings. The molecule has 1 aromatic carbocycles. The van der Waals surface area contributed by atoms with Crippen LogP contribution in [0.1, 0.15) is 16.7 Å². The summed E-state index contributed by atoms with van der Waals surface area (Å²) in [7, 11) is 0. The number of hydrogen-bond acceptors (Lipinski definition) is 4. The number of fused-ring (bicyclic) bond motifs is 1. The zero-order valence-corrected chi connectivity index (χ0v) is 11.6. The quantitative estimate of drug-likeness (QED) is 0.725. The van der Waals surface area contributed by atoms with Crippen LogP contribution in [0.15, 0.2) is 40.8 Å². The molecule has 3 aromatic rings. The summed E-state index contributed by atoms with van der Waals surface area (Å²) >= 11 is 1.41. The van der Waals surface area contributed by atoms with Gasteiger partial charge in [0.25, 0.3) is 5.56 Å². The minimum Gasteiger partial charge on any atom is -0.294 e. The van der Waals surface area contributed by atoms with Crippen LogP contribution in [0.2, 0.25) is 0 Å². The highest BCUT2D eigenvalue weighted by molar-refractivity contribution is 7.17. The molecule has 2 aromatic heterocycles. The van der Waals surface area contributed by atoms with E-state index < -0.39 is 0 Å². The Labute approximate surface area is 119 Å². The van der Waals surface area contributed by atoms with Crippen molar-refractivity contribution in [3.63, 3.8) is 0 Å². The van der Waals surface area contributed by atoms with E-state index in [1.54, 1.807) is 17.0 Å². The largest absolute Gasteiger partial charge is 0.294 e. The maximum absolute atomic E-state index is 12.3. The van der Waals surface area contributed by atoms with Gasteiger partial charge in [0.1, 0.15) is 4.70 Å². The molecule has 0 atom stereocenters. The molecule has 5 heteroatoms. The van der Waals surface area contributed by atoms with Gasteiger partial charge in [0, 0.05) is 0 Å². The number of thiophene rings is 1. The van der Waals surface area contributed by atoms with Crippen LogP contribution in [-0.2, 0) is 6.54 Å². The van der Waals surface area contributed by atoms with Crippen LogP contribution in [-0.4, -0.2) is 9.55 Å². The van der Waals surface area contributed by atoms with E-state index in [0.29, 0.717) is 16.8 Å². The maximum Gasteiger partial charge on any atom is 0.271 e. The van der Waals surface area contributed by atoms with Gasteiger partial charge < -0.3 is 0 Å². The first-order valence-corrected chi connectivity index (χ1v) is 6.99. The van der Waals surface area contributed by atoms with Crippen LogP contribution >= 0.6 is 11.3 Å². The Hall–Kier alpha value is -2.45. The molecule has 0 N–H and O–H groups in total. The van der Waals surface area contributed by atoms with E-state index in [2.05, 4.69) is 11.1 Å². The van der Waals surface area contributed by atoms with E-state index in [0.717, 1.165) is 16.6 Å². The summed E-state index contributed by atoms with van der Waals surface area (Å²) in [6.45, 7) is 2.41. The van der Waals surface area contributed by atoms with Crippen molar-refractivity contribution in [1.29, 1.82) is 5.26 Å². The second-order valence-electron chi connectivity index (χ2n) is 4.57. The van der Waals surface area contributed by atoms with Crippen LogP contribution in [0.25, 0.3) is 10.2 Å². The van der Waals surface area contributed by atoms with Gasteiger partial charge in [-0.3, -0.25) is 9.36 Å². The van der Waals surface area contributed by atoms with Gasteiger partial charge in [-0.2, -0.15) is 5.26 Å². The molecule has 0 aliphatic carbocycles. The highest BCUT2D eigenvalue weighted by Crippen LogP contribution is 2.15. The standard InChI is InChI=1S/C15H11N3OS/c1-10-6-11(7-16)2-3-12(10)8-18-9-17-13-4-5-20-14(13)15(18)19/h2-6,9H,8H2,1H3. The van der Waals surface area contributed by atoms with Gasteiger partial charge in [0.05, 0.1) is 30.0 Å². The summed E-state index contributed by atoms with van der Waals surface area (Å²) in [6.07, 6.45) is 1.58. The molecule has 3 rings (SSSR count). The number of aryl methyl sites for hydroxylation is 1. The molecular formula is C15H11N3OS. The van der Waals surface area contributed by atoms with Crippen molar-refractivity contribution in [3.8, 4) is 6.07 Å². The lowest BCUT2D eigenvalue weighted by molar-refractivity contribution is 0.746. The highest BCUT2D eigenvalue weighted by atomic mass is 32.1. The minimum atomic E-state index is -0.0197. The third-order valence-corrected chi connectivity index (χ3v) is 4.14. The fourth-order valence-electron chi connectivity index (χ4n) is 2.12. The Morgan fingerprint density at radius 2 is 2.25 bits per heavy atom. The first kappa shape index (κ1) is 12.6. The molecule has 98 valence electrons. The van der Waals surface area contributed by atoms with Gasteiger partial charge in [-0.25, -0.2) is 4.98 Å². The van der Waals surface area contributed by atoms with E-state index >= 15 is 0 Å². The monoisotopic (exact) mass is 281 g/mol.